The van der Waals surface area contributed by atoms with Gasteiger partial charge in [-0.25, -0.2) is 0 Å². The third-order valence-corrected chi connectivity index (χ3v) is 1.58. The van der Waals surface area contributed by atoms with E-state index in [2.05, 4.69) is 5.32 Å². The van der Waals surface area contributed by atoms with Crippen LogP contribution in [0, 0.1) is 0 Å². The van der Waals surface area contributed by atoms with Crippen LogP contribution in [0.4, 0.5) is 0 Å². The van der Waals surface area contributed by atoms with Crippen molar-refractivity contribution < 1.29 is 10.0 Å². The molecule has 0 radical (unpaired) electrons. The Morgan fingerprint density at radius 2 is 2.14 bits per heavy atom. The number of hydrogen-bond acceptors (Lipinski definition) is 3. The second-order valence-corrected chi connectivity index (χ2v) is 3.19. The van der Waals surface area contributed by atoms with Gasteiger partial charge in [0, 0.05) is 12.1 Å². The van der Waals surface area contributed by atoms with Crippen molar-refractivity contribution in [2.45, 2.75) is 19.9 Å². The molecule has 1 aromatic rings. The van der Waals surface area contributed by atoms with Crippen LogP contribution < -0.4 is 10.9 Å². The average Bonchev–Trinajstić information content (AvgIpc) is 2.08. The molecule has 76 valence electrons. The normalized spacial score (nSPS) is 10.2. The number of amides is 1. The molecule has 0 bridgehead atoms. The van der Waals surface area contributed by atoms with Crippen molar-refractivity contribution in [3.63, 3.8) is 0 Å². The third kappa shape index (κ3) is 2.12. The summed E-state index contributed by atoms with van der Waals surface area (Å²) in [6.07, 6.45) is 0. The van der Waals surface area contributed by atoms with Crippen LogP contribution in [0.25, 0.3) is 0 Å². The highest BCUT2D eigenvalue weighted by molar-refractivity contribution is 5.92. The summed E-state index contributed by atoms with van der Waals surface area (Å²) in [5.74, 6) is -0.472. The Kier molecular flexibility index (Phi) is 2.91. The summed E-state index contributed by atoms with van der Waals surface area (Å²) < 4.78 is 0.331. The zero-order valence-corrected chi connectivity index (χ0v) is 8.02. The molecule has 5 heteroatoms. The maximum Gasteiger partial charge on any atom is 0.283 e. The van der Waals surface area contributed by atoms with Gasteiger partial charge in [0.25, 0.3) is 11.5 Å². The standard InChI is InChI=1S/C9H12N2O3/c1-6(2)10-9(13)7-4-3-5-8(12)11(7)14/h3-6,14H,1-2H3,(H,10,13). The highest BCUT2D eigenvalue weighted by Gasteiger charge is 2.11. The lowest BCUT2D eigenvalue weighted by Crippen LogP contribution is -2.34. The van der Waals surface area contributed by atoms with E-state index in [1.54, 1.807) is 13.8 Å². The lowest BCUT2D eigenvalue weighted by Gasteiger charge is -2.09. The van der Waals surface area contributed by atoms with Crippen molar-refractivity contribution in [3.8, 4) is 0 Å². The highest BCUT2D eigenvalue weighted by atomic mass is 16.5. The lowest BCUT2D eigenvalue weighted by atomic mass is 10.3. The number of carbonyl (C=O) groups is 1. The zero-order chi connectivity index (χ0) is 10.7. The van der Waals surface area contributed by atoms with Crippen molar-refractivity contribution in [3.05, 3.63) is 34.2 Å². The van der Waals surface area contributed by atoms with Crippen molar-refractivity contribution in [1.29, 1.82) is 0 Å². The van der Waals surface area contributed by atoms with Gasteiger partial charge in [-0.15, -0.1) is 4.73 Å². The number of aromatic nitrogens is 1. The Morgan fingerprint density at radius 1 is 1.50 bits per heavy atom. The monoisotopic (exact) mass is 196 g/mol. The molecule has 1 heterocycles. The van der Waals surface area contributed by atoms with Crippen LogP contribution in [-0.4, -0.2) is 21.9 Å². The van der Waals surface area contributed by atoms with Crippen molar-refractivity contribution in [2.75, 3.05) is 0 Å². The topological polar surface area (TPSA) is 71.3 Å². The van der Waals surface area contributed by atoms with Gasteiger partial charge < -0.3 is 10.5 Å². The molecule has 1 amide bonds. The molecule has 1 aromatic heterocycles. The molecule has 0 aromatic carbocycles. The van der Waals surface area contributed by atoms with Gasteiger partial charge in [-0.05, 0) is 19.9 Å². The second-order valence-electron chi connectivity index (χ2n) is 3.19. The molecule has 2 N–H and O–H groups in total. The predicted octanol–water partition coefficient (Wildman–Crippen LogP) is 0.224. The fraction of sp³-hybridized carbons (Fsp3) is 0.333. The number of pyridine rings is 1. The van der Waals surface area contributed by atoms with Crippen LogP contribution in [0.15, 0.2) is 23.0 Å². The van der Waals surface area contributed by atoms with E-state index in [9.17, 15) is 14.8 Å². The summed E-state index contributed by atoms with van der Waals surface area (Å²) in [4.78, 5) is 22.4. The van der Waals surface area contributed by atoms with Crippen LogP contribution >= 0.6 is 0 Å². The largest absolute Gasteiger partial charge is 0.425 e. The number of nitrogens with one attached hydrogen (secondary N) is 1. The molecule has 0 saturated heterocycles. The Morgan fingerprint density at radius 3 is 2.71 bits per heavy atom. The van der Waals surface area contributed by atoms with E-state index in [-0.39, 0.29) is 11.7 Å². The molecule has 0 aliphatic rings. The summed E-state index contributed by atoms with van der Waals surface area (Å²) in [6, 6.07) is 3.92. The first-order valence-corrected chi connectivity index (χ1v) is 4.24. The fourth-order valence-electron chi connectivity index (χ4n) is 0.989. The van der Waals surface area contributed by atoms with E-state index in [0.29, 0.717) is 4.73 Å². The third-order valence-electron chi connectivity index (χ3n) is 1.58. The maximum absolute atomic E-state index is 11.4. The Balaban J connectivity index is 3.02. The molecule has 1 rings (SSSR count). The van der Waals surface area contributed by atoms with Gasteiger partial charge in [-0.1, -0.05) is 6.07 Å². The number of nitrogens with zero attached hydrogens (tertiary/aromatic N) is 1. The van der Waals surface area contributed by atoms with Gasteiger partial charge in [0.05, 0.1) is 0 Å². The van der Waals surface area contributed by atoms with Gasteiger partial charge in [0.1, 0.15) is 5.69 Å². The summed E-state index contributed by atoms with van der Waals surface area (Å²) in [5.41, 5.74) is -0.687. The highest BCUT2D eigenvalue weighted by Crippen LogP contribution is 1.94. The van der Waals surface area contributed by atoms with Crippen LogP contribution in [0.2, 0.25) is 0 Å². The molecule has 14 heavy (non-hydrogen) atoms. The van der Waals surface area contributed by atoms with Gasteiger partial charge in [-0.3, -0.25) is 9.59 Å². The molecule has 0 unspecified atom stereocenters. The molecular weight excluding hydrogens is 184 g/mol. The van der Waals surface area contributed by atoms with Crippen LogP contribution in [-0.2, 0) is 0 Å². The molecular formula is C9H12N2O3. The number of hydrogen-bond donors (Lipinski definition) is 2. The molecule has 0 saturated carbocycles. The summed E-state index contributed by atoms with van der Waals surface area (Å²) in [7, 11) is 0. The minimum Gasteiger partial charge on any atom is -0.425 e. The van der Waals surface area contributed by atoms with Gasteiger partial charge in [0.15, 0.2) is 0 Å². The quantitative estimate of drug-likeness (QED) is 0.665. The maximum atomic E-state index is 11.4. The number of carbonyl (C=O) groups excluding carboxylic acids is 1. The smallest absolute Gasteiger partial charge is 0.283 e. The van der Waals surface area contributed by atoms with E-state index < -0.39 is 11.5 Å². The first kappa shape index (κ1) is 10.3. The van der Waals surface area contributed by atoms with Gasteiger partial charge in [-0.2, -0.15) is 0 Å². The molecule has 0 aliphatic heterocycles. The molecule has 0 aliphatic carbocycles. The van der Waals surface area contributed by atoms with Crippen LogP contribution in [0.5, 0.6) is 0 Å². The Hall–Kier alpha value is -1.78. The summed E-state index contributed by atoms with van der Waals surface area (Å²) in [5, 5.41) is 11.8. The molecule has 0 fully saturated rings. The fourth-order valence-corrected chi connectivity index (χ4v) is 0.989. The van der Waals surface area contributed by atoms with E-state index >= 15 is 0 Å². The van der Waals surface area contributed by atoms with E-state index in [1.165, 1.54) is 18.2 Å². The SMILES string of the molecule is CC(C)NC(=O)c1cccc(=O)n1O. The minimum atomic E-state index is -0.624. The van der Waals surface area contributed by atoms with Gasteiger partial charge >= 0.3 is 0 Å². The van der Waals surface area contributed by atoms with E-state index in [0.717, 1.165) is 0 Å². The first-order chi connectivity index (χ1) is 6.52. The summed E-state index contributed by atoms with van der Waals surface area (Å²) in [6.45, 7) is 3.58. The molecule has 0 spiro atoms. The zero-order valence-electron chi connectivity index (χ0n) is 8.02. The average molecular weight is 196 g/mol. The Bertz CT molecular complexity index is 395. The summed E-state index contributed by atoms with van der Waals surface area (Å²) >= 11 is 0. The van der Waals surface area contributed by atoms with Crippen molar-refractivity contribution >= 4 is 5.91 Å². The van der Waals surface area contributed by atoms with Crippen molar-refractivity contribution in [1.82, 2.24) is 10.0 Å². The second kappa shape index (κ2) is 3.95. The lowest BCUT2D eigenvalue weighted by molar-refractivity contribution is 0.0881. The molecule has 0 atom stereocenters. The molecule has 5 nitrogen and oxygen atoms in total. The van der Waals surface area contributed by atoms with E-state index in [1.807, 2.05) is 0 Å². The van der Waals surface area contributed by atoms with Gasteiger partial charge in [0.2, 0.25) is 0 Å². The Labute approximate surface area is 80.9 Å². The number of rotatable bonds is 2. The van der Waals surface area contributed by atoms with Crippen LogP contribution in [0.3, 0.4) is 0 Å². The minimum absolute atomic E-state index is 0.0437. The van der Waals surface area contributed by atoms with E-state index in [4.69, 9.17) is 0 Å². The van der Waals surface area contributed by atoms with Crippen molar-refractivity contribution in [2.24, 2.45) is 0 Å². The predicted molar refractivity (Wildman–Crippen MR) is 50.5 cm³/mol. The first-order valence-electron chi connectivity index (χ1n) is 4.24. The van der Waals surface area contributed by atoms with Crippen LogP contribution in [0.1, 0.15) is 24.3 Å².